The van der Waals surface area contributed by atoms with Crippen molar-refractivity contribution in [2.45, 2.75) is 44.9 Å². The van der Waals surface area contributed by atoms with Crippen LogP contribution in [0.4, 0.5) is 0 Å². The van der Waals surface area contributed by atoms with E-state index in [1.54, 1.807) is 0 Å². The quantitative estimate of drug-likeness (QED) is 0.681. The van der Waals surface area contributed by atoms with E-state index in [1.807, 2.05) is 0 Å². The lowest BCUT2D eigenvalue weighted by Gasteiger charge is -2.13. The number of hydrogen-bond acceptors (Lipinski definition) is 1. The van der Waals surface area contributed by atoms with Crippen molar-refractivity contribution < 1.29 is 9.90 Å². The van der Waals surface area contributed by atoms with Crippen LogP contribution >= 0.6 is 0 Å². The van der Waals surface area contributed by atoms with Crippen molar-refractivity contribution in [3.05, 3.63) is 12.2 Å². The number of carbonyl (C=O) groups is 1. The van der Waals surface area contributed by atoms with Crippen molar-refractivity contribution in [3.63, 3.8) is 0 Å². The van der Waals surface area contributed by atoms with Gasteiger partial charge in [0, 0.05) is 6.42 Å². The van der Waals surface area contributed by atoms with Gasteiger partial charge in [0.25, 0.3) is 0 Å². The van der Waals surface area contributed by atoms with Gasteiger partial charge in [0.15, 0.2) is 0 Å². The molecule has 0 bridgehead atoms. The summed E-state index contributed by atoms with van der Waals surface area (Å²) < 4.78 is 0. The van der Waals surface area contributed by atoms with E-state index in [1.165, 1.54) is 32.1 Å². The Hall–Kier alpha value is -0.790. The Balaban J connectivity index is 2.28. The van der Waals surface area contributed by atoms with Crippen LogP contribution in [0, 0.1) is 5.92 Å². The molecule has 0 aromatic carbocycles. The van der Waals surface area contributed by atoms with E-state index in [9.17, 15) is 4.79 Å². The van der Waals surface area contributed by atoms with E-state index in [0.717, 1.165) is 6.42 Å². The van der Waals surface area contributed by atoms with E-state index < -0.39 is 5.97 Å². The Morgan fingerprint density at radius 3 is 3.00 bits per heavy atom. The zero-order valence-corrected chi connectivity index (χ0v) is 8.04. The first-order chi connectivity index (χ1) is 6.29. The lowest BCUT2D eigenvalue weighted by molar-refractivity contribution is -0.137. The molecule has 0 radical (unpaired) electrons. The molecule has 13 heavy (non-hydrogen) atoms. The zero-order chi connectivity index (χ0) is 9.52. The number of carboxylic acids is 1. The first kappa shape index (κ1) is 10.3. The summed E-state index contributed by atoms with van der Waals surface area (Å²) in [5, 5.41) is 8.55. The molecule has 0 aromatic heterocycles. The molecule has 0 aromatic rings. The lowest BCUT2D eigenvalue weighted by atomic mass is 9.93. The van der Waals surface area contributed by atoms with Crippen molar-refractivity contribution in [3.8, 4) is 0 Å². The molecule has 0 amide bonds. The third kappa shape index (κ3) is 4.71. The monoisotopic (exact) mass is 182 g/mol. The van der Waals surface area contributed by atoms with Crippen molar-refractivity contribution in [1.29, 1.82) is 0 Å². The highest BCUT2D eigenvalue weighted by molar-refractivity contribution is 5.66. The fourth-order valence-electron chi connectivity index (χ4n) is 1.78. The van der Waals surface area contributed by atoms with Gasteiger partial charge in [-0.15, -0.1) is 0 Å². The topological polar surface area (TPSA) is 37.3 Å². The molecule has 1 aliphatic rings. The summed E-state index contributed by atoms with van der Waals surface area (Å²) in [6, 6.07) is 0. The number of aliphatic carboxylic acids is 1. The van der Waals surface area contributed by atoms with E-state index in [0.29, 0.717) is 12.3 Å². The molecular formula is C11H18O2. The van der Waals surface area contributed by atoms with Crippen LogP contribution in [0.5, 0.6) is 0 Å². The maximum absolute atomic E-state index is 10.4. The normalized spacial score (nSPS) is 26.0. The molecule has 0 saturated carbocycles. The Labute approximate surface area is 79.6 Å². The summed E-state index contributed by atoms with van der Waals surface area (Å²) in [7, 11) is 0. The predicted molar refractivity (Wildman–Crippen MR) is 52.6 cm³/mol. The minimum Gasteiger partial charge on any atom is -0.481 e. The van der Waals surface area contributed by atoms with Gasteiger partial charge in [0.05, 0.1) is 0 Å². The molecule has 0 saturated heterocycles. The minimum atomic E-state index is -0.671. The third-order valence-corrected chi connectivity index (χ3v) is 2.58. The fourth-order valence-corrected chi connectivity index (χ4v) is 1.78. The summed E-state index contributed by atoms with van der Waals surface area (Å²) in [5.74, 6) is -0.160. The second kappa shape index (κ2) is 5.79. The summed E-state index contributed by atoms with van der Waals surface area (Å²) >= 11 is 0. The predicted octanol–water partition coefficient (Wildman–Crippen LogP) is 2.99. The second-order valence-corrected chi connectivity index (χ2v) is 3.76. The van der Waals surface area contributed by atoms with E-state index in [4.69, 9.17) is 5.11 Å². The summed E-state index contributed by atoms with van der Waals surface area (Å²) in [4.78, 5) is 10.4. The molecule has 1 aliphatic carbocycles. The fraction of sp³-hybridized carbons (Fsp3) is 0.727. The molecule has 2 nitrogen and oxygen atoms in total. The molecule has 0 fully saturated rings. The van der Waals surface area contributed by atoms with Crippen LogP contribution < -0.4 is 0 Å². The highest BCUT2D eigenvalue weighted by Crippen LogP contribution is 2.20. The van der Waals surface area contributed by atoms with Crippen molar-refractivity contribution in [2.24, 2.45) is 5.92 Å². The smallest absolute Gasteiger partial charge is 0.303 e. The van der Waals surface area contributed by atoms with Gasteiger partial charge in [-0.1, -0.05) is 25.0 Å². The molecular weight excluding hydrogens is 164 g/mol. The van der Waals surface area contributed by atoms with Crippen LogP contribution in [-0.2, 0) is 4.79 Å². The van der Waals surface area contributed by atoms with Crippen LogP contribution in [-0.4, -0.2) is 11.1 Å². The summed E-state index contributed by atoms with van der Waals surface area (Å²) in [5.41, 5.74) is 0. The largest absolute Gasteiger partial charge is 0.481 e. The Morgan fingerprint density at radius 2 is 2.23 bits per heavy atom. The summed E-state index contributed by atoms with van der Waals surface area (Å²) in [6.45, 7) is 0. The SMILES string of the molecule is O=C(O)CCC1/C=C\CCCCC1. The molecule has 1 N–H and O–H groups in total. The van der Waals surface area contributed by atoms with Gasteiger partial charge in [0.1, 0.15) is 0 Å². The van der Waals surface area contributed by atoms with Crippen LogP contribution in [0.3, 0.4) is 0 Å². The van der Waals surface area contributed by atoms with E-state index >= 15 is 0 Å². The van der Waals surface area contributed by atoms with Crippen molar-refractivity contribution >= 4 is 5.97 Å². The van der Waals surface area contributed by atoms with Crippen molar-refractivity contribution in [2.75, 3.05) is 0 Å². The average Bonchev–Trinajstić information content (AvgIpc) is 2.01. The summed E-state index contributed by atoms with van der Waals surface area (Å²) in [6.07, 6.45) is 11.7. The standard InChI is InChI=1S/C11H18O2/c12-11(13)9-8-10-6-4-2-1-3-5-7-10/h4,6,10H,1-3,5,7-9H2,(H,12,13)/b6-4-. The van der Waals surface area contributed by atoms with Gasteiger partial charge in [-0.05, 0) is 31.6 Å². The Bertz CT molecular complexity index is 185. The maximum Gasteiger partial charge on any atom is 0.303 e. The number of hydrogen-bond donors (Lipinski definition) is 1. The van der Waals surface area contributed by atoms with E-state index in [2.05, 4.69) is 12.2 Å². The molecule has 1 atom stereocenters. The van der Waals surface area contributed by atoms with Crippen LogP contribution in [0.2, 0.25) is 0 Å². The first-order valence-electron chi connectivity index (χ1n) is 5.17. The maximum atomic E-state index is 10.4. The van der Waals surface area contributed by atoms with Crippen LogP contribution in [0.15, 0.2) is 12.2 Å². The number of allylic oxidation sites excluding steroid dienone is 2. The molecule has 0 heterocycles. The van der Waals surface area contributed by atoms with Crippen molar-refractivity contribution in [1.82, 2.24) is 0 Å². The molecule has 2 heteroatoms. The molecule has 1 rings (SSSR count). The highest BCUT2D eigenvalue weighted by atomic mass is 16.4. The van der Waals surface area contributed by atoms with Crippen LogP contribution in [0.25, 0.3) is 0 Å². The van der Waals surface area contributed by atoms with Gasteiger partial charge in [-0.25, -0.2) is 0 Å². The molecule has 0 spiro atoms. The van der Waals surface area contributed by atoms with Gasteiger partial charge < -0.3 is 5.11 Å². The Morgan fingerprint density at radius 1 is 1.38 bits per heavy atom. The van der Waals surface area contributed by atoms with Crippen LogP contribution in [0.1, 0.15) is 44.9 Å². The average molecular weight is 182 g/mol. The van der Waals surface area contributed by atoms with Gasteiger partial charge in [0.2, 0.25) is 0 Å². The molecule has 0 aliphatic heterocycles. The highest BCUT2D eigenvalue weighted by Gasteiger charge is 2.08. The number of rotatable bonds is 3. The second-order valence-electron chi connectivity index (χ2n) is 3.76. The third-order valence-electron chi connectivity index (χ3n) is 2.58. The minimum absolute atomic E-state index is 0.314. The molecule has 1 unspecified atom stereocenters. The first-order valence-corrected chi connectivity index (χ1v) is 5.17. The van der Waals surface area contributed by atoms with Gasteiger partial charge in [-0.2, -0.15) is 0 Å². The van der Waals surface area contributed by atoms with Gasteiger partial charge >= 0.3 is 5.97 Å². The van der Waals surface area contributed by atoms with Gasteiger partial charge in [-0.3, -0.25) is 4.79 Å². The zero-order valence-electron chi connectivity index (χ0n) is 8.04. The number of carboxylic acid groups (broad SMARTS) is 1. The molecule has 74 valence electrons. The Kier molecular flexibility index (Phi) is 4.58. The van der Waals surface area contributed by atoms with E-state index in [-0.39, 0.29) is 0 Å². The lowest BCUT2D eigenvalue weighted by Crippen LogP contribution is -2.03.